The van der Waals surface area contributed by atoms with Gasteiger partial charge < -0.3 is 15.7 Å². The van der Waals surface area contributed by atoms with Crippen LogP contribution in [0.5, 0.6) is 0 Å². The smallest absolute Gasteiger partial charge is 0.255 e. The van der Waals surface area contributed by atoms with Gasteiger partial charge in [-0.1, -0.05) is 11.6 Å². The Hall–Kier alpha value is -3.57. The molecule has 0 aromatic carbocycles. The maximum Gasteiger partial charge on any atom is 0.255 e. The van der Waals surface area contributed by atoms with E-state index in [0.717, 1.165) is 12.8 Å². The molecule has 4 aromatic rings. The fourth-order valence-electron chi connectivity index (χ4n) is 3.54. The van der Waals surface area contributed by atoms with Crippen molar-refractivity contribution >= 4 is 34.5 Å². The van der Waals surface area contributed by atoms with Crippen molar-refractivity contribution in [3.63, 3.8) is 0 Å². The van der Waals surface area contributed by atoms with Crippen LogP contribution in [0.4, 0.5) is 15.8 Å². The molecule has 1 unspecified atom stereocenters. The molecule has 12 heteroatoms. The van der Waals surface area contributed by atoms with Gasteiger partial charge in [-0.25, -0.2) is 13.9 Å². The molecule has 1 aliphatic carbocycles. The van der Waals surface area contributed by atoms with E-state index < -0.39 is 17.7 Å². The van der Waals surface area contributed by atoms with Crippen LogP contribution in [0.25, 0.3) is 16.9 Å². The van der Waals surface area contributed by atoms with Crippen LogP contribution in [0.15, 0.2) is 43.2 Å². The van der Waals surface area contributed by atoms with Gasteiger partial charge in [0.2, 0.25) is 0 Å². The van der Waals surface area contributed by atoms with Crippen LogP contribution >= 0.6 is 11.6 Å². The zero-order valence-electron chi connectivity index (χ0n) is 19.1. The predicted molar refractivity (Wildman–Crippen MR) is 129 cm³/mol. The molecule has 1 fully saturated rings. The number of hydrogen-bond donors (Lipinski definition) is 3. The third-order valence-corrected chi connectivity index (χ3v) is 5.95. The topological polar surface area (TPSA) is 122 Å². The van der Waals surface area contributed by atoms with Gasteiger partial charge in [0.1, 0.15) is 6.17 Å². The quantitative estimate of drug-likeness (QED) is 0.339. The van der Waals surface area contributed by atoms with E-state index in [1.807, 2.05) is 10.9 Å². The molecule has 35 heavy (non-hydrogen) atoms. The minimum atomic E-state index is -1.64. The molecule has 0 spiro atoms. The van der Waals surface area contributed by atoms with E-state index in [1.165, 1.54) is 26.2 Å². The number of nitrogens with one attached hydrogen (secondary N) is 2. The monoisotopic (exact) mass is 498 g/mol. The third-order valence-electron chi connectivity index (χ3n) is 5.76. The normalized spacial score (nSPS) is 14.8. The summed E-state index contributed by atoms with van der Waals surface area (Å²) in [6, 6.07) is 2.11. The molecule has 1 atom stereocenters. The Bertz CT molecular complexity index is 1390. The summed E-state index contributed by atoms with van der Waals surface area (Å²) in [5.41, 5.74) is 1.52. The highest BCUT2D eigenvalue weighted by atomic mass is 35.5. The molecule has 4 aromatic heterocycles. The van der Waals surface area contributed by atoms with Crippen LogP contribution in [-0.4, -0.2) is 58.7 Å². The molecule has 0 aliphatic heterocycles. The molecule has 0 saturated heterocycles. The van der Waals surface area contributed by atoms with Gasteiger partial charge in [-0.15, -0.1) is 0 Å². The van der Waals surface area contributed by atoms with Crippen LogP contribution in [0.1, 0.15) is 43.1 Å². The molecule has 4 heterocycles. The Morgan fingerprint density at radius 1 is 1.23 bits per heavy atom. The molecule has 5 rings (SSSR count). The van der Waals surface area contributed by atoms with Crippen molar-refractivity contribution < 1.29 is 14.3 Å². The van der Waals surface area contributed by atoms with Crippen molar-refractivity contribution in [3.05, 3.63) is 53.8 Å². The van der Waals surface area contributed by atoms with E-state index in [0.29, 0.717) is 39.3 Å². The first-order valence-electron chi connectivity index (χ1n) is 11.1. The predicted octanol–water partition coefficient (Wildman–Crippen LogP) is 3.56. The standard InChI is InChI=1S/C23H24ClFN8O2/c1-23(2,35)20(25)10-28-22(34)17-8-26-18(16-9-30-33-11-13(24)6-27-21(16)33)5-19(17)31-14-7-29-32(12-14)15-3-4-15/h5-9,11-12,15,20,35H,3-4,10H2,1-2H3,(H,26,31)(H,28,34). The Morgan fingerprint density at radius 3 is 2.77 bits per heavy atom. The Balaban J connectivity index is 1.48. The Morgan fingerprint density at radius 2 is 2.03 bits per heavy atom. The summed E-state index contributed by atoms with van der Waals surface area (Å²) in [4.78, 5) is 21.7. The average molecular weight is 499 g/mol. The minimum absolute atomic E-state index is 0.211. The van der Waals surface area contributed by atoms with Crippen LogP contribution in [0.3, 0.4) is 0 Å². The van der Waals surface area contributed by atoms with Crippen LogP contribution in [0, 0.1) is 0 Å². The Labute approximate surface area is 205 Å². The molecular formula is C23H24ClFN8O2. The maximum absolute atomic E-state index is 14.2. The first kappa shape index (κ1) is 23.2. The molecule has 0 radical (unpaired) electrons. The molecule has 1 saturated carbocycles. The lowest BCUT2D eigenvalue weighted by Crippen LogP contribution is -2.42. The second kappa shape index (κ2) is 8.90. The lowest BCUT2D eigenvalue weighted by Gasteiger charge is -2.22. The summed E-state index contributed by atoms with van der Waals surface area (Å²) in [7, 11) is 0. The van der Waals surface area contributed by atoms with Gasteiger partial charge in [0.05, 0.1) is 70.0 Å². The van der Waals surface area contributed by atoms with Crippen molar-refractivity contribution in [2.75, 3.05) is 11.9 Å². The summed E-state index contributed by atoms with van der Waals surface area (Å²) < 4.78 is 17.6. The molecule has 1 aliphatic rings. The first-order valence-corrected chi connectivity index (χ1v) is 11.5. The molecule has 0 bridgehead atoms. The van der Waals surface area contributed by atoms with E-state index in [4.69, 9.17) is 11.6 Å². The first-order chi connectivity index (χ1) is 16.7. The number of amides is 1. The maximum atomic E-state index is 14.2. The lowest BCUT2D eigenvalue weighted by molar-refractivity contribution is -0.00177. The number of carbonyl (C=O) groups excluding carboxylic acids is 1. The van der Waals surface area contributed by atoms with Crippen molar-refractivity contribution in [1.82, 2.24) is 34.7 Å². The number of carbonyl (C=O) groups is 1. The number of alkyl halides is 1. The number of anilines is 2. The van der Waals surface area contributed by atoms with E-state index in [9.17, 15) is 14.3 Å². The minimum Gasteiger partial charge on any atom is -0.387 e. The van der Waals surface area contributed by atoms with Gasteiger partial charge in [0.15, 0.2) is 5.65 Å². The van der Waals surface area contributed by atoms with Gasteiger partial charge in [0.25, 0.3) is 5.91 Å². The zero-order valence-corrected chi connectivity index (χ0v) is 19.9. The summed E-state index contributed by atoms with van der Waals surface area (Å²) in [5, 5.41) is 24.7. The van der Waals surface area contributed by atoms with E-state index in [2.05, 4.69) is 30.8 Å². The molecule has 182 valence electrons. The van der Waals surface area contributed by atoms with E-state index >= 15 is 0 Å². The van der Waals surface area contributed by atoms with Gasteiger partial charge in [-0.05, 0) is 32.8 Å². The summed E-state index contributed by atoms with van der Waals surface area (Å²) in [5.74, 6) is -0.530. The number of hydrogen-bond acceptors (Lipinski definition) is 7. The highest BCUT2D eigenvalue weighted by Crippen LogP contribution is 2.35. The van der Waals surface area contributed by atoms with Crippen molar-refractivity contribution in [3.8, 4) is 11.3 Å². The van der Waals surface area contributed by atoms with E-state index in [-0.39, 0.29) is 12.1 Å². The fourth-order valence-corrected chi connectivity index (χ4v) is 3.68. The second-order valence-corrected chi connectivity index (χ2v) is 9.55. The zero-order chi connectivity index (χ0) is 24.7. The highest BCUT2D eigenvalue weighted by molar-refractivity contribution is 6.30. The molecule has 1 amide bonds. The second-order valence-electron chi connectivity index (χ2n) is 9.11. The summed E-state index contributed by atoms with van der Waals surface area (Å²) in [6.07, 6.45) is 10.3. The Kier molecular flexibility index (Phi) is 5.89. The number of aliphatic hydroxyl groups is 1. The number of halogens is 2. The van der Waals surface area contributed by atoms with E-state index in [1.54, 1.807) is 29.2 Å². The molecule has 10 nitrogen and oxygen atoms in total. The third kappa shape index (κ3) is 4.96. The van der Waals surface area contributed by atoms with Crippen molar-refractivity contribution in [2.24, 2.45) is 0 Å². The van der Waals surface area contributed by atoms with Gasteiger partial charge >= 0.3 is 0 Å². The van der Waals surface area contributed by atoms with Crippen LogP contribution in [-0.2, 0) is 0 Å². The van der Waals surface area contributed by atoms with Crippen molar-refractivity contribution in [2.45, 2.75) is 44.5 Å². The van der Waals surface area contributed by atoms with Crippen LogP contribution < -0.4 is 10.6 Å². The summed E-state index contributed by atoms with van der Waals surface area (Å²) >= 11 is 6.01. The van der Waals surface area contributed by atoms with Gasteiger partial charge in [-0.3, -0.25) is 14.5 Å². The van der Waals surface area contributed by atoms with Gasteiger partial charge in [-0.2, -0.15) is 10.2 Å². The number of nitrogens with zero attached hydrogens (tertiary/aromatic N) is 6. The lowest BCUT2D eigenvalue weighted by atomic mass is 10.0. The molecular weight excluding hydrogens is 475 g/mol. The van der Waals surface area contributed by atoms with Crippen LogP contribution in [0.2, 0.25) is 5.02 Å². The largest absolute Gasteiger partial charge is 0.387 e. The van der Waals surface area contributed by atoms with Crippen molar-refractivity contribution in [1.29, 1.82) is 0 Å². The average Bonchev–Trinajstić information content (AvgIpc) is 3.42. The number of rotatable bonds is 8. The fraction of sp³-hybridized carbons (Fsp3) is 0.348. The SMILES string of the molecule is CC(C)(O)C(F)CNC(=O)c1cnc(-c2cnn3cc(Cl)cnc23)cc1Nc1cnn(C2CC2)c1. The number of aromatic nitrogens is 6. The van der Waals surface area contributed by atoms with Gasteiger partial charge in [0, 0.05) is 18.6 Å². The summed E-state index contributed by atoms with van der Waals surface area (Å²) in [6.45, 7) is 2.35. The number of pyridine rings is 1. The number of fused-ring (bicyclic) bond motifs is 1. The molecule has 3 N–H and O–H groups in total. The highest BCUT2D eigenvalue weighted by Gasteiger charge is 2.28.